The Morgan fingerprint density at radius 2 is 2.06 bits per heavy atom. The molecule has 4 nitrogen and oxygen atoms in total. The predicted molar refractivity (Wildman–Crippen MR) is 71.5 cm³/mol. The number of pyridine rings is 1. The monoisotopic (exact) mass is 261 g/mol. The molecule has 0 bridgehead atoms. The Kier molecular flexibility index (Phi) is 3.92. The molecule has 1 amide bonds. The number of benzene rings is 1. The van der Waals surface area contributed by atoms with Crippen LogP contribution in [0.5, 0.6) is 0 Å². The Balaban J connectivity index is 2.18. The summed E-state index contributed by atoms with van der Waals surface area (Å²) in [5, 5.41) is 3.27. The molecule has 0 unspecified atom stereocenters. The fourth-order valence-corrected chi connectivity index (χ4v) is 1.63. The molecule has 0 aliphatic carbocycles. The van der Waals surface area contributed by atoms with E-state index in [1.807, 2.05) is 18.2 Å². The van der Waals surface area contributed by atoms with Gasteiger partial charge in [0.1, 0.15) is 5.69 Å². The summed E-state index contributed by atoms with van der Waals surface area (Å²) in [4.78, 5) is 15.9. The zero-order chi connectivity index (χ0) is 13.0. The smallest absolute Gasteiger partial charge is 0.274 e. The molecule has 3 N–H and O–H groups in total. The van der Waals surface area contributed by atoms with Crippen LogP contribution in [0.1, 0.15) is 16.1 Å². The standard InChI is InChI=1S/C13H12ClN3O/c14-10-5-6-12(16-8-10)13(18)17-11-4-2-1-3-9(11)7-15/h1-6,8H,7,15H2,(H,17,18). The van der Waals surface area contributed by atoms with Crippen molar-refractivity contribution < 1.29 is 4.79 Å². The number of amides is 1. The highest BCUT2D eigenvalue weighted by atomic mass is 35.5. The molecule has 0 atom stereocenters. The first-order chi connectivity index (χ1) is 8.70. The van der Waals surface area contributed by atoms with Gasteiger partial charge in [-0.25, -0.2) is 4.98 Å². The maximum Gasteiger partial charge on any atom is 0.274 e. The van der Waals surface area contributed by atoms with Crippen molar-refractivity contribution in [1.29, 1.82) is 0 Å². The molecule has 0 spiro atoms. The van der Waals surface area contributed by atoms with Gasteiger partial charge in [0, 0.05) is 18.4 Å². The van der Waals surface area contributed by atoms with Crippen molar-refractivity contribution in [3.05, 3.63) is 58.9 Å². The summed E-state index contributed by atoms with van der Waals surface area (Å²) in [5.74, 6) is -0.285. The molecule has 1 aromatic carbocycles. The van der Waals surface area contributed by atoms with Crippen molar-refractivity contribution in [2.24, 2.45) is 5.73 Å². The highest BCUT2D eigenvalue weighted by Gasteiger charge is 2.09. The van der Waals surface area contributed by atoms with Crippen LogP contribution < -0.4 is 11.1 Å². The highest BCUT2D eigenvalue weighted by Crippen LogP contribution is 2.15. The van der Waals surface area contributed by atoms with E-state index in [2.05, 4.69) is 10.3 Å². The number of carbonyl (C=O) groups excluding carboxylic acids is 1. The summed E-state index contributed by atoms with van der Waals surface area (Å²) in [7, 11) is 0. The molecule has 18 heavy (non-hydrogen) atoms. The summed E-state index contributed by atoms with van der Waals surface area (Å²) in [5.41, 5.74) is 7.48. The van der Waals surface area contributed by atoms with Crippen molar-refractivity contribution in [2.75, 3.05) is 5.32 Å². The molecule has 0 saturated heterocycles. The first-order valence-corrected chi connectivity index (χ1v) is 5.79. The van der Waals surface area contributed by atoms with Crippen LogP contribution >= 0.6 is 11.6 Å². The molecule has 0 aliphatic heterocycles. The van der Waals surface area contributed by atoms with E-state index in [4.69, 9.17) is 17.3 Å². The number of halogens is 1. The molecule has 0 saturated carbocycles. The highest BCUT2D eigenvalue weighted by molar-refractivity contribution is 6.30. The van der Waals surface area contributed by atoms with Gasteiger partial charge in [0.2, 0.25) is 0 Å². The first-order valence-electron chi connectivity index (χ1n) is 5.41. The van der Waals surface area contributed by atoms with Crippen LogP contribution in [0.25, 0.3) is 0 Å². The van der Waals surface area contributed by atoms with E-state index in [0.717, 1.165) is 5.56 Å². The van der Waals surface area contributed by atoms with Gasteiger partial charge in [0.15, 0.2) is 0 Å². The van der Waals surface area contributed by atoms with Crippen molar-refractivity contribution in [3.63, 3.8) is 0 Å². The molecule has 0 radical (unpaired) electrons. The third-order valence-electron chi connectivity index (χ3n) is 2.45. The Morgan fingerprint density at radius 1 is 1.28 bits per heavy atom. The summed E-state index contributed by atoms with van der Waals surface area (Å²) in [6, 6.07) is 10.6. The molecule has 2 aromatic rings. The number of para-hydroxylation sites is 1. The lowest BCUT2D eigenvalue weighted by Gasteiger charge is -2.08. The van der Waals surface area contributed by atoms with Gasteiger partial charge < -0.3 is 11.1 Å². The third kappa shape index (κ3) is 2.85. The second-order valence-electron chi connectivity index (χ2n) is 3.68. The number of hydrogen-bond donors (Lipinski definition) is 2. The molecular weight excluding hydrogens is 250 g/mol. The minimum absolute atomic E-state index is 0.285. The van der Waals surface area contributed by atoms with Gasteiger partial charge in [0.05, 0.1) is 5.02 Å². The Hall–Kier alpha value is -1.91. The normalized spacial score (nSPS) is 10.1. The van der Waals surface area contributed by atoms with E-state index in [0.29, 0.717) is 22.9 Å². The summed E-state index contributed by atoms with van der Waals surface area (Å²) in [6.45, 7) is 0.366. The number of nitrogens with zero attached hydrogens (tertiary/aromatic N) is 1. The van der Waals surface area contributed by atoms with Crippen LogP contribution in [0.2, 0.25) is 5.02 Å². The maximum absolute atomic E-state index is 11.9. The number of nitrogens with one attached hydrogen (secondary N) is 1. The van der Waals surface area contributed by atoms with Crippen molar-refractivity contribution >= 4 is 23.2 Å². The maximum atomic E-state index is 11.9. The summed E-state index contributed by atoms with van der Waals surface area (Å²) < 4.78 is 0. The van der Waals surface area contributed by atoms with Gasteiger partial charge in [-0.2, -0.15) is 0 Å². The number of carbonyl (C=O) groups is 1. The molecule has 1 aromatic heterocycles. The summed E-state index contributed by atoms with van der Waals surface area (Å²) >= 11 is 5.71. The SMILES string of the molecule is NCc1ccccc1NC(=O)c1ccc(Cl)cn1. The van der Waals surface area contributed by atoms with Crippen molar-refractivity contribution in [2.45, 2.75) is 6.54 Å². The Morgan fingerprint density at radius 3 is 2.72 bits per heavy atom. The fourth-order valence-electron chi connectivity index (χ4n) is 1.52. The van der Waals surface area contributed by atoms with E-state index in [1.54, 1.807) is 18.2 Å². The van der Waals surface area contributed by atoms with Crippen LogP contribution in [-0.2, 0) is 6.54 Å². The lowest BCUT2D eigenvalue weighted by atomic mass is 10.1. The quantitative estimate of drug-likeness (QED) is 0.892. The third-order valence-corrected chi connectivity index (χ3v) is 2.67. The lowest BCUT2D eigenvalue weighted by Crippen LogP contribution is -2.15. The zero-order valence-electron chi connectivity index (χ0n) is 9.56. The second-order valence-corrected chi connectivity index (χ2v) is 4.11. The van der Waals surface area contributed by atoms with E-state index < -0.39 is 0 Å². The van der Waals surface area contributed by atoms with Crippen LogP contribution in [0, 0.1) is 0 Å². The number of rotatable bonds is 3. The molecule has 0 fully saturated rings. The predicted octanol–water partition coefficient (Wildman–Crippen LogP) is 2.45. The zero-order valence-corrected chi connectivity index (χ0v) is 10.3. The van der Waals surface area contributed by atoms with Gasteiger partial charge in [-0.05, 0) is 23.8 Å². The van der Waals surface area contributed by atoms with E-state index in [-0.39, 0.29) is 5.91 Å². The van der Waals surface area contributed by atoms with Crippen LogP contribution in [0.15, 0.2) is 42.6 Å². The molecule has 2 rings (SSSR count). The Bertz CT molecular complexity index is 554. The minimum Gasteiger partial charge on any atom is -0.326 e. The molecule has 1 heterocycles. The first kappa shape index (κ1) is 12.5. The van der Waals surface area contributed by atoms with E-state index >= 15 is 0 Å². The minimum atomic E-state index is -0.285. The van der Waals surface area contributed by atoms with Crippen LogP contribution in [0.4, 0.5) is 5.69 Å². The topological polar surface area (TPSA) is 68.0 Å². The number of aromatic nitrogens is 1. The lowest BCUT2D eigenvalue weighted by molar-refractivity contribution is 0.102. The van der Waals surface area contributed by atoms with Crippen LogP contribution in [0.3, 0.4) is 0 Å². The van der Waals surface area contributed by atoms with Crippen molar-refractivity contribution in [3.8, 4) is 0 Å². The largest absolute Gasteiger partial charge is 0.326 e. The second kappa shape index (κ2) is 5.62. The molecule has 0 aliphatic rings. The van der Waals surface area contributed by atoms with E-state index in [1.165, 1.54) is 6.20 Å². The van der Waals surface area contributed by atoms with Crippen molar-refractivity contribution in [1.82, 2.24) is 4.98 Å². The van der Waals surface area contributed by atoms with Crippen LogP contribution in [-0.4, -0.2) is 10.9 Å². The van der Waals surface area contributed by atoms with Gasteiger partial charge in [0.25, 0.3) is 5.91 Å². The molecule has 5 heteroatoms. The Labute approximate surface area is 110 Å². The van der Waals surface area contributed by atoms with E-state index in [9.17, 15) is 4.79 Å². The number of hydrogen-bond acceptors (Lipinski definition) is 3. The van der Waals surface area contributed by atoms with Gasteiger partial charge in [-0.3, -0.25) is 4.79 Å². The van der Waals surface area contributed by atoms with Gasteiger partial charge in [-0.1, -0.05) is 29.8 Å². The summed E-state index contributed by atoms with van der Waals surface area (Å²) in [6.07, 6.45) is 1.44. The molecular formula is C13H12ClN3O. The average Bonchev–Trinajstić information content (AvgIpc) is 2.40. The van der Waals surface area contributed by atoms with Gasteiger partial charge >= 0.3 is 0 Å². The van der Waals surface area contributed by atoms with Gasteiger partial charge in [-0.15, -0.1) is 0 Å². The molecule has 92 valence electrons. The average molecular weight is 262 g/mol. The fraction of sp³-hybridized carbons (Fsp3) is 0.0769. The number of nitrogens with two attached hydrogens (primary N) is 1. The number of anilines is 1.